The first-order valence-corrected chi connectivity index (χ1v) is 10.3. The molecule has 2 aromatic carbocycles. The molecule has 0 radical (unpaired) electrons. The van der Waals surface area contributed by atoms with Gasteiger partial charge in [-0.2, -0.15) is 0 Å². The number of ether oxygens (including phenoxy) is 1. The predicted molar refractivity (Wildman–Crippen MR) is 118 cm³/mol. The largest absolute Gasteiger partial charge is 0.508 e. The number of allylic oxidation sites excluding steroid dienone is 4. The molecule has 6 nitrogen and oxygen atoms in total. The van der Waals surface area contributed by atoms with E-state index < -0.39 is 6.10 Å². The zero-order valence-corrected chi connectivity index (χ0v) is 18.0. The van der Waals surface area contributed by atoms with Crippen molar-refractivity contribution in [2.45, 2.75) is 52.6 Å². The molecule has 0 saturated heterocycles. The third kappa shape index (κ3) is 5.02. The topological polar surface area (TPSA) is 107 Å². The summed E-state index contributed by atoms with van der Waals surface area (Å²) in [5.74, 6) is -1.01. The summed E-state index contributed by atoms with van der Waals surface area (Å²) < 4.78 is 5.82. The Bertz CT molecular complexity index is 1060. The smallest absolute Gasteiger partial charge is 0.174 e. The van der Waals surface area contributed by atoms with Gasteiger partial charge in [-0.15, -0.1) is 0 Å². The average Bonchev–Trinajstić information content (AvgIpc) is 2.66. The van der Waals surface area contributed by atoms with Crippen molar-refractivity contribution in [3.8, 4) is 28.7 Å². The zero-order chi connectivity index (χ0) is 22.7. The Labute approximate surface area is 181 Å². The summed E-state index contributed by atoms with van der Waals surface area (Å²) in [7, 11) is 0. The number of phenolic OH excluding ortho intramolecular Hbond substituents is 4. The van der Waals surface area contributed by atoms with Crippen LogP contribution < -0.4 is 4.74 Å². The maximum atomic E-state index is 12.8. The van der Waals surface area contributed by atoms with Crippen LogP contribution in [0.4, 0.5) is 0 Å². The molecule has 0 saturated carbocycles. The Morgan fingerprint density at radius 2 is 1.81 bits per heavy atom. The van der Waals surface area contributed by atoms with E-state index in [2.05, 4.69) is 19.9 Å². The summed E-state index contributed by atoms with van der Waals surface area (Å²) in [5, 5.41) is 40.7. The second-order valence-electron chi connectivity index (χ2n) is 8.15. The molecular formula is C25H28O6. The average molecular weight is 424 g/mol. The normalized spacial score (nSPS) is 15.9. The lowest BCUT2D eigenvalue weighted by molar-refractivity contribution is 0.0841. The third-order valence-corrected chi connectivity index (χ3v) is 5.37. The molecule has 0 fully saturated rings. The standard InChI is InChI=1S/C25H28O6/c1-14(2)5-4-6-15(3)7-9-18-20(28)12-23-24(25(18)30)21(29)13-22(31-23)17-10-8-16(26)11-19(17)27/h5,7-8,10-12,22,26-28,30H,4,6,9,13H2,1-3H3/b15-7+. The number of Topliss-reactive ketones (excluding diaryl/α,β-unsaturated/α-hetero) is 1. The van der Waals surface area contributed by atoms with Crippen LogP contribution in [0.3, 0.4) is 0 Å². The Kier molecular flexibility index (Phi) is 6.59. The van der Waals surface area contributed by atoms with E-state index in [9.17, 15) is 25.2 Å². The predicted octanol–water partition coefficient (Wildman–Crippen LogP) is 5.45. The quantitative estimate of drug-likeness (QED) is 0.459. The van der Waals surface area contributed by atoms with Gasteiger partial charge in [0, 0.05) is 23.3 Å². The van der Waals surface area contributed by atoms with Crippen molar-refractivity contribution in [2.24, 2.45) is 0 Å². The number of ketones is 1. The first-order valence-electron chi connectivity index (χ1n) is 10.3. The molecule has 0 aliphatic carbocycles. The fourth-order valence-corrected chi connectivity index (χ4v) is 3.65. The van der Waals surface area contributed by atoms with Crippen LogP contribution in [0.1, 0.15) is 67.6 Å². The van der Waals surface area contributed by atoms with Crippen LogP contribution in [0.2, 0.25) is 0 Å². The van der Waals surface area contributed by atoms with Crippen molar-refractivity contribution >= 4 is 5.78 Å². The number of phenols is 4. The van der Waals surface area contributed by atoms with E-state index in [1.807, 2.05) is 13.0 Å². The number of rotatable bonds is 6. The molecule has 0 aromatic heterocycles. The fourth-order valence-electron chi connectivity index (χ4n) is 3.65. The molecule has 4 N–H and O–H groups in total. The monoisotopic (exact) mass is 424 g/mol. The molecule has 31 heavy (non-hydrogen) atoms. The zero-order valence-electron chi connectivity index (χ0n) is 18.0. The number of aromatic hydroxyl groups is 4. The van der Waals surface area contributed by atoms with Gasteiger partial charge in [0.2, 0.25) is 0 Å². The number of carbonyl (C=O) groups excluding carboxylic acids is 1. The summed E-state index contributed by atoms with van der Waals surface area (Å²) in [6.45, 7) is 6.10. The third-order valence-electron chi connectivity index (χ3n) is 5.37. The van der Waals surface area contributed by atoms with Gasteiger partial charge in [-0.25, -0.2) is 0 Å². The minimum Gasteiger partial charge on any atom is -0.508 e. The number of hydrogen-bond acceptors (Lipinski definition) is 6. The minimum atomic E-state index is -0.789. The molecule has 0 bridgehead atoms. The highest BCUT2D eigenvalue weighted by molar-refractivity contribution is 6.03. The van der Waals surface area contributed by atoms with Crippen molar-refractivity contribution in [1.82, 2.24) is 0 Å². The highest BCUT2D eigenvalue weighted by Crippen LogP contribution is 2.46. The van der Waals surface area contributed by atoms with Crippen molar-refractivity contribution in [3.05, 3.63) is 64.3 Å². The van der Waals surface area contributed by atoms with Crippen LogP contribution in [-0.4, -0.2) is 26.2 Å². The number of fused-ring (bicyclic) bond motifs is 1. The summed E-state index contributed by atoms with van der Waals surface area (Å²) in [5.41, 5.74) is 3.05. The van der Waals surface area contributed by atoms with Gasteiger partial charge in [-0.1, -0.05) is 23.3 Å². The van der Waals surface area contributed by atoms with Gasteiger partial charge in [0.1, 0.15) is 40.4 Å². The van der Waals surface area contributed by atoms with Crippen molar-refractivity contribution < 1.29 is 30.0 Å². The van der Waals surface area contributed by atoms with Gasteiger partial charge in [0.05, 0.1) is 6.42 Å². The lowest BCUT2D eigenvalue weighted by atomic mass is 9.92. The Morgan fingerprint density at radius 3 is 2.48 bits per heavy atom. The van der Waals surface area contributed by atoms with Gasteiger partial charge in [-0.3, -0.25) is 4.79 Å². The SMILES string of the molecule is CC(C)=CCC/C(C)=C/Cc1c(O)cc2c(c1O)C(=O)CC(c1ccc(O)cc1O)O2. The van der Waals surface area contributed by atoms with E-state index in [0.29, 0.717) is 12.0 Å². The van der Waals surface area contributed by atoms with Crippen LogP contribution >= 0.6 is 0 Å². The molecular weight excluding hydrogens is 396 g/mol. The van der Waals surface area contributed by atoms with Gasteiger partial charge >= 0.3 is 0 Å². The first kappa shape index (κ1) is 22.3. The van der Waals surface area contributed by atoms with Crippen LogP contribution in [0.15, 0.2) is 47.6 Å². The second kappa shape index (κ2) is 9.16. The lowest BCUT2D eigenvalue weighted by Gasteiger charge is -2.27. The molecule has 2 aromatic rings. The summed E-state index contributed by atoms with van der Waals surface area (Å²) in [4.78, 5) is 12.8. The van der Waals surface area contributed by atoms with E-state index in [0.717, 1.165) is 18.4 Å². The van der Waals surface area contributed by atoms with E-state index >= 15 is 0 Å². The van der Waals surface area contributed by atoms with Crippen molar-refractivity contribution in [1.29, 1.82) is 0 Å². The summed E-state index contributed by atoms with van der Waals surface area (Å²) in [6.07, 6.45) is 5.31. The molecule has 3 rings (SSSR count). The number of hydrogen-bond donors (Lipinski definition) is 4. The molecule has 1 heterocycles. The molecule has 1 atom stereocenters. The molecule has 0 amide bonds. The molecule has 164 valence electrons. The van der Waals surface area contributed by atoms with E-state index in [1.165, 1.54) is 29.8 Å². The number of benzene rings is 2. The highest BCUT2D eigenvalue weighted by atomic mass is 16.5. The van der Waals surface area contributed by atoms with E-state index in [-0.39, 0.29) is 52.1 Å². The molecule has 0 spiro atoms. The van der Waals surface area contributed by atoms with Gasteiger partial charge in [0.25, 0.3) is 0 Å². The van der Waals surface area contributed by atoms with Crippen LogP contribution in [0.25, 0.3) is 0 Å². The lowest BCUT2D eigenvalue weighted by Crippen LogP contribution is -2.21. The second-order valence-corrected chi connectivity index (χ2v) is 8.15. The van der Waals surface area contributed by atoms with Crippen molar-refractivity contribution in [2.75, 3.05) is 0 Å². The van der Waals surface area contributed by atoms with Crippen LogP contribution in [-0.2, 0) is 6.42 Å². The summed E-state index contributed by atoms with van der Waals surface area (Å²) in [6, 6.07) is 5.37. The molecule has 1 aliphatic heterocycles. The Balaban J connectivity index is 1.85. The number of carbonyl (C=O) groups is 1. The van der Waals surface area contributed by atoms with Gasteiger partial charge in [-0.05, 0) is 52.2 Å². The highest BCUT2D eigenvalue weighted by Gasteiger charge is 2.33. The molecule has 1 unspecified atom stereocenters. The maximum Gasteiger partial charge on any atom is 0.174 e. The van der Waals surface area contributed by atoms with E-state index in [4.69, 9.17) is 4.74 Å². The van der Waals surface area contributed by atoms with Crippen LogP contribution in [0.5, 0.6) is 28.7 Å². The Morgan fingerprint density at radius 1 is 1.06 bits per heavy atom. The Hall–Kier alpha value is -3.41. The van der Waals surface area contributed by atoms with Gasteiger partial charge in [0.15, 0.2) is 5.78 Å². The van der Waals surface area contributed by atoms with E-state index in [1.54, 1.807) is 0 Å². The maximum absolute atomic E-state index is 12.8. The summed E-state index contributed by atoms with van der Waals surface area (Å²) >= 11 is 0. The van der Waals surface area contributed by atoms with Crippen LogP contribution in [0, 0.1) is 0 Å². The molecule has 1 aliphatic rings. The fraction of sp³-hybridized carbons (Fsp3) is 0.320. The molecule has 6 heteroatoms. The van der Waals surface area contributed by atoms with Gasteiger partial charge < -0.3 is 25.2 Å². The minimum absolute atomic E-state index is 0.0397. The van der Waals surface area contributed by atoms with Crippen molar-refractivity contribution in [3.63, 3.8) is 0 Å². The first-order chi connectivity index (χ1) is 14.7.